The summed E-state index contributed by atoms with van der Waals surface area (Å²) in [6, 6.07) is 1.73. The second-order valence-electron chi connectivity index (χ2n) is 6.40. The minimum Gasteiger partial charge on any atom is -0.507 e. The Morgan fingerprint density at radius 3 is 2.40 bits per heavy atom. The third kappa shape index (κ3) is 6.20. The molecule has 0 heterocycles. The summed E-state index contributed by atoms with van der Waals surface area (Å²) in [6.07, 6.45) is 4.27. The highest BCUT2D eigenvalue weighted by atomic mass is 16.5. The number of hydrogen-bond acceptors (Lipinski definition) is 5. The lowest BCUT2D eigenvalue weighted by atomic mass is 9.98. The summed E-state index contributed by atoms with van der Waals surface area (Å²) in [5, 5.41) is 30.1. The molecule has 0 aliphatic carbocycles. The number of methoxy groups -OCH3 is 2. The second kappa shape index (κ2) is 10.2. The summed E-state index contributed by atoms with van der Waals surface area (Å²) in [5.74, 6) is 0.606. The number of hydrogen-bond donors (Lipinski definition) is 3. The van der Waals surface area contributed by atoms with Gasteiger partial charge < -0.3 is 24.8 Å². The molecule has 1 rings (SSSR count). The molecule has 1 unspecified atom stereocenters. The first kappa shape index (κ1) is 21.2. The predicted octanol–water partition coefficient (Wildman–Crippen LogP) is 3.25. The van der Waals surface area contributed by atoms with Crippen LogP contribution in [0.4, 0.5) is 0 Å². The Labute approximate surface area is 150 Å². The van der Waals surface area contributed by atoms with Gasteiger partial charge in [-0.15, -0.1) is 0 Å². The number of ether oxygens (including phenoxy) is 2. The fourth-order valence-electron chi connectivity index (χ4n) is 2.74. The zero-order chi connectivity index (χ0) is 19.0. The first-order chi connectivity index (χ1) is 11.8. The van der Waals surface area contributed by atoms with E-state index in [2.05, 4.69) is 0 Å². The van der Waals surface area contributed by atoms with Crippen LogP contribution in [0.2, 0.25) is 0 Å². The van der Waals surface area contributed by atoms with Crippen molar-refractivity contribution in [1.29, 1.82) is 0 Å². The lowest BCUT2D eigenvalue weighted by molar-refractivity contribution is 0.178. The van der Waals surface area contributed by atoms with Crippen molar-refractivity contribution in [3.8, 4) is 11.5 Å². The SMILES string of the molecule is COCc1c(CO)cc(OC)c(C/C=C(\C)CC(O)C=C(C)C)c1O. The lowest BCUT2D eigenvalue weighted by Gasteiger charge is -2.17. The van der Waals surface area contributed by atoms with Gasteiger partial charge in [-0.2, -0.15) is 0 Å². The fourth-order valence-corrected chi connectivity index (χ4v) is 2.74. The Bertz CT molecular complexity index is 627. The molecular formula is C20H30O5. The van der Waals surface area contributed by atoms with Crippen LogP contribution in [0.15, 0.2) is 29.4 Å². The fraction of sp³-hybridized carbons (Fsp3) is 0.500. The summed E-state index contributed by atoms with van der Waals surface area (Å²) < 4.78 is 10.5. The number of aromatic hydroxyl groups is 1. The van der Waals surface area contributed by atoms with Crippen molar-refractivity contribution in [2.75, 3.05) is 14.2 Å². The maximum Gasteiger partial charge on any atom is 0.128 e. The van der Waals surface area contributed by atoms with Crippen molar-refractivity contribution < 1.29 is 24.8 Å². The second-order valence-corrected chi connectivity index (χ2v) is 6.40. The Morgan fingerprint density at radius 1 is 1.20 bits per heavy atom. The first-order valence-corrected chi connectivity index (χ1v) is 8.33. The van der Waals surface area contributed by atoms with Gasteiger partial charge in [0.15, 0.2) is 0 Å². The highest BCUT2D eigenvalue weighted by Crippen LogP contribution is 2.35. The van der Waals surface area contributed by atoms with Gasteiger partial charge in [-0.25, -0.2) is 0 Å². The van der Waals surface area contributed by atoms with Gasteiger partial charge in [0.2, 0.25) is 0 Å². The molecule has 0 fully saturated rings. The number of phenols is 1. The van der Waals surface area contributed by atoms with Crippen LogP contribution in [0.25, 0.3) is 0 Å². The van der Waals surface area contributed by atoms with E-state index < -0.39 is 6.10 Å². The Kier molecular flexibility index (Phi) is 8.69. The van der Waals surface area contributed by atoms with Crippen LogP contribution >= 0.6 is 0 Å². The van der Waals surface area contributed by atoms with Crippen molar-refractivity contribution in [1.82, 2.24) is 0 Å². The lowest BCUT2D eigenvalue weighted by Crippen LogP contribution is -2.04. The molecule has 140 valence electrons. The van der Waals surface area contributed by atoms with Crippen LogP contribution in [-0.2, 0) is 24.4 Å². The molecule has 5 nitrogen and oxygen atoms in total. The third-order valence-electron chi connectivity index (χ3n) is 3.95. The van der Waals surface area contributed by atoms with Gasteiger partial charge in [0.1, 0.15) is 11.5 Å². The maximum atomic E-state index is 10.6. The number of benzene rings is 1. The van der Waals surface area contributed by atoms with Gasteiger partial charge >= 0.3 is 0 Å². The van der Waals surface area contributed by atoms with Crippen LogP contribution in [0.5, 0.6) is 11.5 Å². The van der Waals surface area contributed by atoms with E-state index in [0.29, 0.717) is 35.3 Å². The van der Waals surface area contributed by atoms with E-state index in [0.717, 1.165) is 11.1 Å². The van der Waals surface area contributed by atoms with E-state index in [1.807, 2.05) is 32.9 Å². The predicted molar refractivity (Wildman–Crippen MR) is 98.8 cm³/mol. The van der Waals surface area contributed by atoms with Crippen LogP contribution in [0.1, 0.15) is 43.9 Å². The quantitative estimate of drug-likeness (QED) is 0.596. The van der Waals surface area contributed by atoms with Crippen molar-refractivity contribution in [3.63, 3.8) is 0 Å². The molecule has 0 radical (unpaired) electrons. The molecule has 0 bridgehead atoms. The number of allylic oxidation sites excluding steroid dienone is 2. The van der Waals surface area contributed by atoms with Crippen LogP contribution < -0.4 is 4.74 Å². The highest BCUT2D eigenvalue weighted by Gasteiger charge is 2.17. The summed E-state index contributed by atoms with van der Waals surface area (Å²) in [5.41, 5.74) is 3.88. The Hall–Kier alpha value is -1.82. The van der Waals surface area contributed by atoms with E-state index in [1.54, 1.807) is 13.2 Å². The van der Waals surface area contributed by atoms with Crippen LogP contribution in [-0.4, -0.2) is 35.6 Å². The van der Waals surface area contributed by atoms with E-state index >= 15 is 0 Å². The molecule has 0 aromatic heterocycles. The molecule has 1 aromatic carbocycles. The number of aliphatic hydroxyl groups excluding tert-OH is 2. The van der Waals surface area contributed by atoms with Crippen molar-refractivity contribution in [2.24, 2.45) is 0 Å². The summed E-state index contributed by atoms with van der Waals surface area (Å²) >= 11 is 0. The van der Waals surface area contributed by atoms with Crippen molar-refractivity contribution in [3.05, 3.63) is 46.1 Å². The van der Waals surface area contributed by atoms with Gasteiger partial charge in [0.25, 0.3) is 0 Å². The minimum absolute atomic E-state index is 0.0825. The summed E-state index contributed by atoms with van der Waals surface area (Å²) in [4.78, 5) is 0. The molecule has 0 aliphatic rings. The van der Waals surface area contributed by atoms with E-state index in [1.165, 1.54) is 7.11 Å². The number of rotatable bonds is 9. The normalized spacial score (nSPS) is 12.8. The zero-order valence-corrected chi connectivity index (χ0v) is 15.8. The van der Waals surface area contributed by atoms with E-state index in [9.17, 15) is 15.3 Å². The molecule has 5 heteroatoms. The average molecular weight is 350 g/mol. The molecule has 3 N–H and O–H groups in total. The van der Waals surface area contributed by atoms with Gasteiger partial charge in [-0.3, -0.25) is 0 Å². The molecular weight excluding hydrogens is 320 g/mol. The van der Waals surface area contributed by atoms with Crippen molar-refractivity contribution in [2.45, 2.75) is 52.9 Å². The average Bonchev–Trinajstić information content (AvgIpc) is 2.54. The van der Waals surface area contributed by atoms with Gasteiger partial charge in [-0.05, 0) is 45.2 Å². The maximum absolute atomic E-state index is 10.6. The minimum atomic E-state index is -0.516. The third-order valence-corrected chi connectivity index (χ3v) is 3.95. The molecule has 1 aromatic rings. The van der Waals surface area contributed by atoms with E-state index in [4.69, 9.17) is 9.47 Å². The summed E-state index contributed by atoms with van der Waals surface area (Å²) in [6.45, 7) is 5.85. The molecule has 1 atom stereocenters. The summed E-state index contributed by atoms with van der Waals surface area (Å²) in [7, 11) is 3.07. The smallest absolute Gasteiger partial charge is 0.128 e. The molecule has 0 aliphatic heterocycles. The molecule has 0 saturated heterocycles. The first-order valence-electron chi connectivity index (χ1n) is 8.33. The number of phenolic OH excluding ortho intramolecular Hbond substituents is 1. The molecule has 25 heavy (non-hydrogen) atoms. The Morgan fingerprint density at radius 2 is 1.88 bits per heavy atom. The highest BCUT2D eigenvalue weighted by molar-refractivity contribution is 5.54. The molecule has 0 amide bonds. The van der Waals surface area contributed by atoms with E-state index in [-0.39, 0.29) is 19.0 Å². The number of aliphatic hydroxyl groups is 2. The van der Waals surface area contributed by atoms with Gasteiger partial charge in [0.05, 0.1) is 26.4 Å². The molecule has 0 saturated carbocycles. The van der Waals surface area contributed by atoms with Crippen molar-refractivity contribution >= 4 is 0 Å². The van der Waals surface area contributed by atoms with Gasteiger partial charge in [0, 0.05) is 18.2 Å². The van der Waals surface area contributed by atoms with Crippen LogP contribution in [0, 0.1) is 0 Å². The Balaban J connectivity index is 3.09. The monoisotopic (exact) mass is 350 g/mol. The largest absolute Gasteiger partial charge is 0.507 e. The standard InChI is InChI=1S/C20H30O5/c1-13(2)8-16(22)9-14(3)6-7-17-19(25-5)10-15(11-21)18(12-24-4)20(17)23/h6,8,10,16,21-23H,7,9,11-12H2,1-5H3/b14-6+. The van der Waals surface area contributed by atoms with Gasteiger partial charge in [-0.1, -0.05) is 23.3 Å². The van der Waals surface area contributed by atoms with Crippen LogP contribution in [0.3, 0.4) is 0 Å². The topological polar surface area (TPSA) is 79.2 Å². The molecule has 0 spiro atoms. The zero-order valence-electron chi connectivity index (χ0n) is 15.8.